The summed E-state index contributed by atoms with van der Waals surface area (Å²) >= 11 is 6.19. The predicted octanol–water partition coefficient (Wildman–Crippen LogP) is 6.83. The van der Waals surface area contributed by atoms with Crippen molar-refractivity contribution in [1.82, 2.24) is 0 Å². The van der Waals surface area contributed by atoms with Crippen LogP contribution in [-0.4, -0.2) is 20.1 Å². The number of benzene rings is 3. The van der Waals surface area contributed by atoms with Gasteiger partial charge in [-0.1, -0.05) is 31.5 Å². The lowest BCUT2D eigenvalue weighted by Crippen LogP contribution is -2.15. The molecule has 0 spiro atoms. The highest BCUT2D eigenvalue weighted by Gasteiger charge is 2.18. The van der Waals surface area contributed by atoms with Gasteiger partial charge in [0.2, 0.25) is 0 Å². The van der Waals surface area contributed by atoms with E-state index in [1.54, 1.807) is 38.5 Å². The first-order valence-corrected chi connectivity index (χ1v) is 10.3. The van der Waals surface area contributed by atoms with Gasteiger partial charge in [0.25, 0.3) is 5.91 Å². The quantitative estimate of drug-likeness (QED) is 0.438. The fourth-order valence-electron chi connectivity index (χ4n) is 3.24. The lowest BCUT2D eigenvalue weighted by molar-refractivity contribution is 0.102. The molecule has 0 unspecified atom stereocenters. The van der Waals surface area contributed by atoms with E-state index in [1.165, 1.54) is 0 Å². The van der Waals surface area contributed by atoms with Gasteiger partial charge in [0.1, 0.15) is 17.2 Å². The SMILES string of the molecule is COc1cccc(Oc2ccc(Cl)cc2NC(=O)c2cc(C(C)C)c(OC)cc2C)c1. The van der Waals surface area contributed by atoms with Gasteiger partial charge >= 0.3 is 0 Å². The monoisotopic (exact) mass is 439 g/mol. The van der Waals surface area contributed by atoms with E-state index in [1.807, 2.05) is 37.3 Å². The smallest absolute Gasteiger partial charge is 0.256 e. The second-order valence-electron chi connectivity index (χ2n) is 7.44. The Kier molecular flexibility index (Phi) is 7.08. The minimum Gasteiger partial charge on any atom is -0.497 e. The second-order valence-corrected chi connectivity index (χ2v) is 7.88. The number of anilines is 1. The average molecular weight is 440 g/mol. The molecule has 0 fully saturated rings. The minimum atomic E-state index is -0.250. The van der Waals surface area contributed by atoms with Crippen LogP contribution in [0.4, 0.5) is 5.69 Å². The Balaban J connectivity index is 1.93. The normalized spacial score (nSPS) is 10.7. The maximum Gasteiger partial charge on any atom is 0.256 e. The standard InChI is InChI=1S/C25H26ClNO4/c1-15(2)20-14-21(16(3)11-24(20)30-5)25(28)27-22-12-17(26)9-10-23(22)31-19-8-6-7-18(13-19)29-4/h6-15H,1-5H3,(H,27,28). The van der Waals surface area contributed by atoms with Crippen molar-refractivity contribution in [3.05, 3.63) is 76.3 Å². The zero-order chi connectivity index (χ0) is 22.5. The Morgan fingerprint density at radius 3 is 2.35 bits per heavy atom. The summed E-state index contributed by atoms with van der Waals surface area (Å²) in [5.74, 6) is 2.46. The second kappa shape index (κ2) is 9.75. The van der Waals surface area contributed by atoms with Crippen LogP contribution in [0.5, 0.6) is 23.0 Å². The largest absolute Gasteiger partial charge is 0.497 e. The van der Waals surface area contributed by atoms with E-state index in [0.29, 0.717) is 33.5 Å². The van der Waals surface area contributed by atoms with E-state index in [-0.39, 0.29) is 11.8 Å². The molecule has 5 nitrogen and oxygen atoms in total. The zero-order valence-electron chi connectivity index (χ0n) is 18.3. The molecule has 0 heterocycles. The number of aryl methyl sites for hydroxylation is 1. The zero-order valence-corrected chi connectivity index (χ0v) is 19.0. The Morgan fingerprint density at radius 2 is 1.68 bits per heavy atom. The molecule has 0 aromatic heterocycles. The van der Waals surface area contributed by atoms with Gasteiger partial charge in [-0.05, 0) is 66.4 Å². The lowest BCUT2D eigenvalue weighted by Gasteiger charge is -2.17. The summed E-state index contributed by atoms with van der Waals surface area (Å²) in [6.45, 7) is 6.00. The van der Waals surface area contributed by atoms with Gasteiger partial charge < -0.3 is 19.5 Å². The number of amides is 1. The number of carbonyl (C=O) groups excluding carboxylic acids is 1. The molecule has 3 aromatic rings. The van der Waals surface area contributed by atoms with Crippen molar-refractivity contribution < 1.29 is 19.0 Å². The molecule has 3 rings (SSSR count). The Hall–Kier alpha value is -3.18. The van der Waals surface area contributed by atoms with Crippen molar-refractivity contribution in [2.24, 2.45) is 0 Å². The highest BCUT2D eigenvalue weighted by molar-refractivity contribution is 6.31. The highest BCUT2D eigenvalue weighted by atomic mass is 35.5. The maximum atomic E-state index is 13.2. The first-order chi connectivity index (χ1) is 14.8. The van der Waals surface area contributed by atoms with E-state index >= 15 is 0 Å². The molecule has 0 aliphatic heterocycles. The summed E-state index contributed by atoms with van der Waals surface area (Å²) in [6.07, 6.45) is 0. The molecular formula is C25H26ClNO4. The molecule has 31 heavy (non-hydrogen) atoms. The van der Waals surface area contributed by atoms with Crippen LogP contribution in [-0.2, 0) is 0 Å². The van der Waals surface area contributed by atoms with Crippen LogP contribution >= 0.6 is 11.6 Å². The third kappa shape index (κ3) is 5.30. The van der Waals surface area contributed by atoms with Gasteiger partial charge in [0.15, 0.2) is 5.75 Å². The van der Waals surface area contributed by atoms with Crippen LogP contribution < -0.4 is 19.5 Å². The summed E-state index contributed by atoms with van der Waals surface area (Å²) in [5.41, 5.74) is 2.83. The summed E-state index contributed by atoms with van der Waals surface area (Å²) in [6, 6.07) is 16.1. The average Bonchev–Trinajstić information content (AvgIpc) is 2.75. The highest BCUT2D eigenvalue weighted by Crippen LogP contribution is 2.35. The first kappa shape index (κ1) is 22.5. The molecule has 0 atom stereocenters. The molecule has 0 saturated heterocycles. The fourth-order valence-corrected chi connectivity index (χ4v) is 3.41. The molecule has 0 aliphatic carbocycles. The number of methoxy groups -OCH3 is 2. The summed E-state index contributed by atoms with van der Waals surface area (Å²) < 4.78 is 16.7. The van der Waals surface area contributed by atoms with Crippen molar-refractivity contribution in [2.45, 2.75) is 26.7 Å². The van der Waals surface area contributed by atoms with E-state index < -0.39 is 0 Å². The number of hydrogen-bond acceptors (Lipinski definition) is 4. The number of ether oxygens (including phenoxy) is 3. The van der Waals surface area contributed by atoms with Gasteiger partial charge in [-0.25, -0.2) is 0 Å². The fraction of sp³-hybridized carbons (Fsp3) is 0.240. The molecule has 3 aromatic carbocycles. The van der Waals surface area contributed by atoms with E-state index in [9.17, 15) is 4.79 Å². The van der Waals surface area contributed by atoms with Gasteiger partial charge in [-0.3, -0.25) is 4.79 Å². The molecule has 0 saturated carbocycles. The Bertz CT molecular complexity index is 1090. The molecule has 0 aliphatic rings. The lowest BCUT2D eigenvalue weighted by atomic mass is 9.96. The number of halogens is 1. The third-order valence-electron chi connectivity index (χ3n) is 4.90. The third-order valence-corrected chi connectivity index (χ3v) is 5.14. The summed E-state index contributed by atoms with van der Waals surface area (Å²) in [5, 5.41) is 3.43. The van der Waals surface area contributed by atoms with Crippen molar-refractivity contribution in [1.29, 1.82) is 0 Å². The van der Waals surface area contributed by atoms with Crippen LogP contribution in [0.25, 0.3) is 0 Å². The molecule has 0 bridgehead atoms. The summed E-state index contributed by atoms with van der Waals surface area (Å²) in [4.78, 5) is 13.2. The molecule has 0 radical (unpaired) electrons. The number of nitrogens with one attached hydrogen (secondary N) is 1. The number of rotatable bonds is 7. The van der Waals surface area contributed by atoms with Crippen LogP contribution in [0.3, 0.4) is 0 Å². The van der Waals surface area contributed by atoms with Crippen molar-refractivity contribution >= 4 is 23.2 Å². The topological polar surface area (TPSA) is 56.8 Å². The van der Waals surface area contributed by atoms with Gasteiger partial charge in [0.05, 0.1) is 19.9 Å². The Morgan fingerprint density at radius 1 is 0.935 bits per heavy atom. The van der Waals surface area contributed by atoms with Crippen molar-refractivity contribution in [2.75, 3.05) is 19.5 Å². The van der Waals surface area contributed by atoms with Crippen LogP contribution in [0, 0.1) is 6.92 Å². The van der Waals surface area contributed by atoms with E-state index in [0.717, 1.165) is 16.9 Å². The van der Waals surface area contributed by atoms with Crippen LogP contribution in [0.1, 0.15) is 41.3 Å². The minimum absolute atomic E-state index is 0.209. The van der Waals surface area contributed by atoms with E-state index in [4.69, 9.17) is 25.8 Å². The number of hydrogen-bond donors (Lipinski definition) is 1. The predicted molar refractivity (Wildman–Crippen MR) is 124 cm³/mol. The molecule has 1 amide bonds. The first-order valence-electron chi connectivity index (χ1n) is 9.93. The van der Waals surface area contributed by atoms with Crippen molar-refractivity contribution in [3.8, 4) is 23.0 Å². The van der Waals surface area contributed by atoms with Gasteiger partial charge in [-0.15, -0.1) is 0 Å². The molecular weight excluding hydrogens is 414 g/mol. The van der Waals surface area contributed by atoms with Crippen molar-refractivity contribution in [3.63, 3.8) is 0 Å². The summed E-state index contributed by atoms with van der Waals surface area (Å²) in [7, 11) is 3.23. The molecule has 1 N–H and O–H groups in total. The van der Waals surface area contributed by atoms with Crippen LogP contribution in [0.15, 0.2) is 54.6 Å². The maximum absolute atomic E-state index is 13.2. The molecule has 6 heteroatoms. The van der Waals surface area contributed by atoms with Gasteiger partial charge in [0, 0.05) is 16.7 Å². The van der Waals surface area contributed by atoms with Crippen LogP contribution in [0.2, 0.25) is 5.02 Å². The number of carbonyl (C=O) groups is 1. The molecule has 162 valence electrons. The van der Waals surface area contributed by atoms with Gasteiger partial charge in [-0.2, -0.15) is 0 Å². The van der Waals surface area contributed by atoms with E-state index in [2.05, 4.69) is 19.2 Å². The Labute approximate surface area is 187 Å².